The molecular formula is C16H16N2O3. The lowest BCUT2D eigenvalue weighted by molar-refractivity contribution is 0.373. The summed E-state index contributed by atoms with van der Waals surface area (Å²) in [6.45, 7) is 0. The van der Waals surface area contributed by atoms with E-state index in [-0.39, 0.29) is 5.75 Å². The molecule has 1 aromatic heterocycles. The number of phenolic OH excluding ortho intramolecular Hbond substituents is 1. The van der Waals surface area contributed by atoms with Crippen LogP contribution in [-0.2, 0) is 7.05 Å². The van der Waals surface area contributed by atoms with Gasteiger partial charge in [0.25, 0.3) is 0 Å². The number of ether oxygens (including phenoxy) is 2. The lowest BCUT2D eigenvalue weighted by atomic mass is 10.2. The van der Waals surface area contributed by atoms with E-state index in [0.29, 0.717) is 5.75 Å². The second-order valence-corrected chi connectivity index (χ2v) is 4.74. The van der Waals surface area contributed by atoms with Crippen LogP contribution in [0.3, 0.4) is 0 Å². The fourth-order valence-electron chi connectivity index (χ4n) is 2.38. The van der Waals surface area contributed by atoms with Crippen molar-refractivity contribution in [2.75, 3.05) is 14.2 Å². The Morgan fingerprint density at radius 2 is 1.86 bits per heavy atom. The highest BCUT2D eigenvalue weighted by Crippen LogP contribution is 2.32. The molecule has 2 aromatic carbocycles. The highest BCUT2D eigenvalue weighted by Gasteiger charge is 2.12. The molecule has 0 fully saturated rings. The highest BCUT2D eigenvalue weighted by atomic mass is 16.5. The Balaban J connectivity index is 2.18. The van der Waals surface area contributed by atoms with Crippen LogP contribution in [0.2, 0.25) is 0 Å². The Bertz CT molecular complexity index is 809. The summed E-state index contributed by atoms with van der Waals surface area (Å²) in [6, 6.07) is 11.0. The average molecular weight is 284 g/mol. The number of methoxy groups -OCH3 is 2. The molecule has 0 aliphatic rings. The van der Waals surface area contributed by atoms with E-state index in [1.807, 2.05) is 35.9 Å². The monoisotopic (exact) mass is 284 g/mol. The van der Waals surface area contributed by atoms with E-state index in [1.165, 1.54) is 7.11 Å². The summed E-state index contributed by atoms with van der Waals surface area (Å²) in [4.78, 5) is 4.64. The van der Waals surface area contributed by atoms with Crippen LogP contribution in [0.4, 0.5) is 0 Å². The molecule has 0 unspecified atom stereocenters. The normalized spacial score (nSPS) is 10.8. The van der Waals surface area contributed by atoms with Gasteiger partial charge in [-0.1, -0.05) is 0 Å². The molecule has 0 aliphatic carbocycles. The smallest absolute Gasteiger partial charge is 0.161 e. The van der Waals surface area contributed by atoms with Gasteiger partial charge in [-0.3, -0.25) is 0 Å². The third-order valence-corrected chi connectivity index (χ3v) is 3.53. The van der Waals surface area contributed by atoms with Gasteiger partial charge < -0.3 is 19.1 Å². The van der Waals surface area contributed by atoms with E-state index in [2.05, 4.69) is 4.98 Å². The number of hydrogen-bond acceptors (Lipinski definition) is 4. The molecule has 5 heteroatoms. The van der Waals surface area contributed by atoms with Crippen molar-refractivity contribution in [3.05, 3.63) is 36.4 Å². The quantitative estimate of drug-likeness (QED) is 0.803. The Morgan fingerprint density at radius 3 is 2.57 bits per heavy atom. The van der Waals surface area contributed by atoms with Crippen LogP contribution >= 0.6 is 0 Å². The number of fused-ring (bicyclic) bond motifs is 1. The number of hydrogen-bond donors (Lipinski definition) is 1. The van der Waals surface area contributed by atoms with Crippen LogP contribution in [0.15, 0.2) is 36.4 Å². The molecule has 3 aromatic rings. The molecule has 0 atom stereocenters. The van der Waals surface area contributed by atoms with Gasteiger partial charge in [0.05, 0.1) is 25.3 Å². The summed E-state index contributed by atoms with van der Waals surface area (Å²) in [7, 11) is 5.12. The van der Waals surface area contributed by atoms with Gasteiger partial charge in [0, 0.05) is 18.7 Å². The SMILES string of the molecule is COc1ccc2c(c1)nc(-c1ccc(O)c(OC)c1)n2C. The van der Waals surface area contributed by atoms with E-state index in [4.69, 9.17) is 9.47 Å². The van der Waals surface area contributed by atoms with Crippen molar-refractivity contribution < 1.29 is 14.6 Å². The van der Waals surface area contributed by atoms with Gasteiger partial charge >= 0.3 is 0 Å². The minimum atomic E-state index is 0.113. The van der Waals surface area contributed by atoms with Crippen LogP contribution in [0, 0.1) is 0 Å². The van der Waals surface area contributed by atoms with Crippen molar-refractivity contribution in [2.45, 2.75) is 0 Å². The maximum atomic E-state index is 9.69. The first-order chi connectivity index (χ1) is 10.1. The summed E-state index contributed by atoms with van der Waals surface area (Å²) in [5.41, 5.74) is 2.75. The third-order valence-electron chi connectivity index (χ3n) is 3.53. The van der Waals surface area contributed by atoms with Gasteiger partial charge in [-0.15, -0.1) is 0 Å². The summed E-state index contributed by atoms with van der Waals surface area (Å²) < 4.78 is 12.4. The minimum absolute atomic E-state index is 0.113. The molecule has 21 heavy (non-hydrogen) atoms. The van der Waals surface area contributed by atoms with Crippen molar-refractivity contribution in [1.82, 2.24) is 9.55 Å². The Hall–Kier alpha value is -2.69. The van der Waals surface area contributed by atoms with Gasteiger partial charge in [0.1, 0.15) is 11.6 Å². The summed E-state index contributed by atoms with van der Waals surface area (Å²) in [5.74, 6) is 2.12. The van der Waals surface area contributed by atoms with Gasteiger partial charge in [0.2, 0.25) is 0 Å². The molecule has 1 N–H and O–H groups in total. The van der Waals surface area contributed by atoms with E-state index < -0.39 is 0 Å². The molecule has 108 valence electrons. The fourth-order valence-corrected chi connectivity index (χ4v) is 2.38. The predicted molar refractivity (Wildman–Crippen MR) is 80.9 cm³/mol. The molecule has 0 bridgehead atoms. The average Bonchev–Trinajstić information content (AvgIpc) is 2.84. The standard InChI is InChI=1S/C16H16N2O3/c1-18-13-6-5-11(20-2)9-12(13)17-16(18)10-4-7-14(19)15(8-10)21-3/h4-9,19H,1-3H3. The zero-order chi connectivity index (χ0) is 15.0. The first kappa shape index (κ1) is 13.3. The number of aromatic nitrogens is 2. The first-order valence-electron chi connectivity index (χ1n) is 6.52. The van der Waals surface area contributed by atoms with Crippen LogP contribution in [0.5, 0.6) is 17.2 Å². The lowest BCUT2D eigenvalue weighted by Gasteiger charge is -2.07. The predicted octanol–water partition coefficient (Wildman–Crippen LogP) is 2.96. The Morgan fingerprint density at radius 1 is 1.05 bits per heavy atom. The van der Waals surface area contributed by atoms with Crippen molar-refractivity contribution in [1.29, 1.82) is 0 Å². The molecule has 0 spiro atoms. The van der Waals surface area contributed by atoms with E-state index >= 15 is 0 Å². The molecule has 0 aliphatic heterocycles. The van der Waals surface area contributed by atoms with E-state index in [9.17, 15) is 5.11 Å². The van der Waals surface area contributed by atoms with E-state index in [0.717, 1.165) is 28.2 Å². The summed E-state index contributed by atoms with van der Waals surface area (Å²) in [6.07, 6.45) is 0. The molecule has 5 nitrogen and oxygen atoms in total. The van der Waals surface area contributed by atoms with Gasteiger partial charge in [-0.05, 0) is 30.3 Å². The topological polar surface area (TPSA) is 56.5 Å². The van der Waals surface area contributed by atoms with Crippen LogP contribution in [0.1, 0.15) is 0 Å². The number of phenols is 1. The number of imidazole rings is 1. The second kappa shape index (κ2) is 5.01. The number of nitrogens with zero attached hydrogens (tertiary/aromatic N) is 2. The van der Waals surface area contributed by atoms with Gasteiger partial charge in [-0.25, -0.2) is 4.98 Å². The maximum absolute atomic E-state index is 9.69. The van der Waals surface area contributed by atoms with Crippen molar-refractivity contribution in [2.24, 2.45) is 7.05 Å². The van der Waals surface area contributed by atoms with Crippen molar-refractivity contribution >= 4 is 11.0 Å². The lowest BCUT2D eigenvalue weighted by Crippen LogP contribution is -1.93. The highest BCUT2D eigenvalue weighted by molar-refractivity contribution is 5.82. The zero-order valence-electron chi connectivity index (χ0n) is 12.1. The Kier molecular flexibility index (Phi) is 3.17. The molecular weight excluding hydrogens is 268 g/mol. The van der Waals surface area contributed by atoms with Gasteiger partial charge in [0.15, 0.2) is 11.5 Å². The second-order valence-electron chi connectivity index (χ2n) is 4.74. The number of rotatable bonds is 3. The van der Waals surface area contributed by atoms with Crippen LogP contribution < -0.4 is 9.47 Å². The molecule has 0 saturated carbocycles. The fraction of sp³-hybridized carbons (Fsp3) is 0.188. The van der Waals surface area contributed by atoms with Crippen LogP contribution in [-0.4, -0.2) is 28.9 Å². The number of aryl methyl sites for hydroxylation is 1. The van der Waals surface area contributed by atoms with Crippen molar-refractivity contribution in [3.8, 4) is 28.6 Å². The van der Waals surface area contributed by atoms with Gasteiger partial charge in [-0.2, -0.15) is 0 Å². The third kappa shape index (κ3) is 2.16. The maximum Gasteiger partial charge on any atom is 0.161 e. The van der Waals surface area contributed by atoms with Crippen LogP contribution in [0.25, 0.3) is 22.4 Å². The number of benzene rings is 2. The first-order valence-corrected chi connectivity index (χ1v) is 6.52. The largest absolute Gasteiger partial charge is 0.504 e. The molecule has 0 radical (unpaired) electrons. The zero-order valence-corrected chi connectivity index (χ0v) is 12.1. The minimum Gasteiger partial charge on any atom is -0.504 e. The molecule has 3 rings (SSSR count). The summed E-state index contributed by atoms with van der Waals surface area (Å²) >= 11 is 0. The number of aromatic hydroxyl groups is 1. The molecule has 0 amide bonds. The summed E-state index contributed by atoms with van der Waals surface area (Å²) in [5, 5.41) is 9.69. The Labute approximate surface area is 122 Å². The molecule has 1 heterocycles. The van der Waals surface area contributed by atoms with Crippen molar-refractivity contribution in [3.63, 3.8) is 0 Å². The van der Waals surface area contributed by atoms with E-state index in [1.54, 1.807) is 19.2 Å². The molecule has 0 saturated heterocycles.